The molecule has 9 aromatic carbocycles. The van der Waals surface area contributed by atoms with Gasteiger partial charge in [-0.05, 0) is 106 Å². The normalized spacial score (nSPS) is 11.6. The molecule has 2 aromatic heterocycles. The first-order chi connectivity index (χ1) is 27.3. The van der Waals surface area contributed by atoms with E-state index in [0.717, 1.165) is 61.0 Å². The maximum atomic E-state index is 6.56. The van der Waals surface area contributed by atoms with E-state index in [4.69, 9.17) is 9.40 Å². The lowest BCUT2D eigenvalue weighted by atomic mass is 9.98. The van der Waals surface area contributed by atoms with Gasteiger partial charge in [0.15, 0.2) is 5.58 Å². The molecule has 4 nitrogen and oxygen atoms in total. The highest BCUT2D eigenvalue weighted by Gasteiger charge is 2.19. The largest absolute Gasteiger partial charge is 0.435 e. The van der Waals surface area contributed by atoms with Crippen molar-refractivity contribution in [2.45, 2.75) is 0 Å². The van der Waals surface area contributed by atoms with Crippen molar-refractivity contribution in [2.24, 2.45) is 0 Å². The average Bonchev–Trinajstić information content (AvgIpc) is 3.85. The summed E-state index contributed by atoms with van der Waals surface area (Å²) in [5.74, 6) is 0.627. The van der Waals surface area contributed by atoms with Gasteiger partial charge in [0, 0.05) is 44.5 Å². The smallest absolute Gasteiger partial charge is 0.227 e. The van der Waals surface area contributed by atoms with Crippen LogP contribution >= 0.6 is 0 Å². The van der Waals surface area contributed by atoms with Crippen LogP contribution in [0.4, 0.5) is 17.1 Å². The number of fused-ring (bicyclic) bond motifs is 8. The molecule has 4 heteroatoms. The molecule has 0 spiro atoms. The number of nitrogens with zero attached hydrogens (tertiary/aromatic N) is 3. The molecule has 0 saturated carbocycles. The number of oxazole rings is 1. The van der Waals surface area contributed by atoms with Crippen LogP contribution in [0.2, 0.25) is 0 Å². The summed E-state index contributed by atoms with van der Waals surface area (Å²) in [5, 5.41) is 6.95. The van der Waals surface area contributed by atoms with Gasteiger partial charge in [0.2, 0.25) is 5.89 Å². The van der Waals surface area contributed by atoms with Crippen molar-refractivity contribution in [1.29, 1.82) is 0 Å². The van der Waals surface area contributed by atoms with E-state index in [1.165, 1.54) is 32.9 Å². The Morgan fingerprint density at radius 3 is 1.89 bits per heavy atom. The Hall–Kier alpha value is -7.43. The van der Waals surface area contributed by atoms with Crippen LogP contribution in [0, 0.1) is 0 Å². The van der Waals surface area contributed by atoms with Gasteiger partial charge >= 0.3 is 0 Å². The zero-order chi connectivity index (χ0) is 36.3. The van der Waals surface area contributed by atoms with Crippen molar-refractivity contribution in [3.8, 4) is 28.3 Å². The Bertz CT molecular complexity index is 3180. The molecule has 0 N–H and O–H groups in total. The summed E-state index contributed by atoms with van der Waals surface area (Å²) in [7, 11) is 0. The fourth-order valence-electron chi connectivity index (χ4n) is 8.28. The summed E-state index contributed by atoms with van der Waals surface area (Å²) >= 11 is 0. The summed E-state index contributed by atoms with van der Waals surface area (Å²) in [6, 6.07) is 71.0. The second-order valence-corrected chi connectivity index (χ2v) is 14.0. The Labute approximate surface area is 317 Å². The van der Waals surface area contributed by atoms with E-state index in [2.05, 4.69) is 179 Å². The molecule has 0 aliphatic carbocycles. The maximum Gasteiger partial charge on any atom is 0.227 e. The first-order valence-corrected chi connectivity index (χ1v) is 18.6. The number of hydrogen-bond donors (Lipinski definition) is 0. The molecule has 11 aromatic rings. The molecule has 11 rings (SSSR count). The molecule has 0 aliphatic rings. The molecular weight excluding hydrogens is 671 g/mol. The van der Waals surface area contributed by atoms with Crippen LogP contribution in [0.15, 0.2) is 205 Å². The minimum Gasteiger partial charge on any atom is -0.435 e. The monoisotopic (exact) mass is 703 g/mol. The van der Waals surface area contributed by atoms with Gasteiger partial charge in [-0.25, -0.2) is 4.98 Å². The van der Waals surface area contributed by atoms with Crippen LogP contribution in [0.3, 0.4) is 0 Å². The highest BCUT2D eigenvalue weighted by Crippen LogP contribution is 2.42. The van der Waals surface area contributed by atoms with E-state index >= 15 is 0 Å². The molecule has 0 amide bonds. The van der Waals surface area contributed by atoms with E-state index < -0.39 is 0 Å². The van der Waals surface area contributed by atoms with Gasteiger partial charge in [0.1, 0.15) is 5.52 Å². The predicted octanol–water partition coefficient (Wildman–Crippen LogP) is 14.0. The van der Waals surface area contributed by atoms with Gasteiger partial charge < -0.3 is 13.9 Å². The highest BCUT2D eigenvalue weighted by atomic mass is 16.3. The third kappa shape index (κ3) is 5.11. The fraction of sp³-hybridized carbons (Fsp3) is 0. The lowest BCUT2D eigenvalue weighted by molar-refractivity contribution is 0.623. The Kier molecular flexibility index (Phi) is 7.14. The SMILES string of the molecule is c1ccc(-c2nc3ccc4ccc5ccc(N(c6ccccc6)c6ccc(-c7cccc8c7c7ccccc7n8-c7ccccc7)cc6)cc5c4c3o2)cc1. The highest BCUT2D eigenvalue weighted by molar-refractivity contribution is 6.19. The van der Waals surface area contributed by atoms with E-state index in [-0.39, 0.29) is 0 Å². The Balaban J connectivity index is 1.06. The van der Waals surface area contributed by atoms with Crippen molar-refractivity contribution < 1.29 is 4.42 Å². The van der Waals surface area contributed by atoms with Gasteiger partial charge in [-0.1, -0.05) is 121 Å². The first-order valence-electron chi connectivity index (χ1n) is 18.6. The molecule has 2 heterocycles. The minimum absolute atomic E-state index is 0.627. The van der Waals surface area contributed by atoms with Gasteiger partial charge in [-0.3, -0.25) is 0 Å². The van der Waals surface area contributed by atoms with Crippen molar-refractivity contribution in [3.05, 3.63) is 200 Å². The molecule has 0 fully saturated rings. The van der Waals surface area contributed by atoms with E-state index in [9.17, 15) is 0 Å². The first kappa shape index (κ1) is 31.1. The van der Waals surface area contributed by atoms with Crippen molar-refractivity contribution >= 4 is 71.5 Å². The number of anilines is 3. The predicted molar refractivity (Wildman–Crippen MR) is 229 cm³/mol. The number of aromatic nitrogens is 2. The van der Waals surface area contributed by atoms with Crippen LogP contribution in [0.5, 0.6) is 0 Å². The molecule has 0 atom stereocenters. The van der Waals surface area contributed by atoms with Crippen LogP contribution in [-0.2, 0) is 0 Å². The fourth-order valence-corrected chi connectivity index (χ4v) is 8.28. The van der Waals surface area contributed by atoms with Crippen LogP contribution in [-0.4, -0.2) is 9.55 Å². The third-order valence-corrected chi connectivity index (χ3v) is 10.8. The standard InChI is InChI=1S/C51H33N3O/c1-4-13-37(14-5-1)51-52-45-32-28-36-24-23-35-27-31-41(33-44(35)48(36)50(45)55-51)53(38-15-6-2-7-16-38)40-29-25-34(26-30-40)42-20-12-22-47-49(42)43-19-10-11-21-46(43)54(47)39-17-8-3-9-18-39/h1-33H. The van der Waals surface area contributed by atoms with E-state index in [0.29, 0.717) is 5.89 Å². The quantitative estimate of drug-likeness (QED) is 0.162. The van der Waals surface area contributed by atoms with Crippen molar-refractivity contribution in [2.75, 3.05) is 4.90 Å². The van der Waals surface area contributed by atoms with Crippen molar-refractivity contribution in [3.63, 3.8) is 0 Å². The van der Waals surface area contributed by atoms with E-state index in [1.54, 1.807) is 0 Å². The maximum absolute atomic E-state index is 6.56. The van der Waals surface area contributed by atoms with Crippen LogP contribution in [0.25, 0.3) is 82.7 Å². The lowest BCUT2D eigenvalue weighted by Gasteiger charge is -2.26. The molecule has 0 radical (unpaired) electrons. The van der Waals surface area contributed by atoms with Gasteiger partial charge in [0.25, 0.3) is 0 Å². The Morgan fingerprint density at radius 1 is 0.436 bits per heavy atom. The average molecular weight is 704 g/mol. The number of para-hydroxylation sites is 3. The molecule has 258 valence electrons. The molecule has 55 heavy (non-hydrogen) atoms. The second-order valence-electron chi connectivity index (χ2n) is 14.0. The molecule has 0 saturated heterocycles. The topological polar surface area (TPSA) is 34.2 Å². The molecule has 0 aliphatic heterocycles. The summed E-state index contributed by atoms with van der Waals surface area (Å²) < 4.78 is 8.93. The minimum atomic E-state index is 0.627. The summed E-state index contributed by atoms with van der Waals surface area (Å²) in [6.07, 6.45) is 0. The van der Waals surface area contributed by atoms with E-state index in [1.807, 2.05) is 30.3 Å². The van der Waals surface area contributed by atoms with Gasteiger partial charge in [0.05, 0.1) is 11.0 Å². The zero-order valence-electron chi connectivity index (χ0n) is 29.8. The number of benzene rings is 9. The molecule has 0 unspecified atom stereocenters. The van der Waals surface area contributed by atoms with Crippen molar-refractivity contribution in [1.82, 2.24) is 9.55 Å². The number of rotatable bonds is 6. The number of hydrogen-bond acceptors (Lipinski definition) is 3. The third-order valence-electron chi connectivity index (χ3n) is 10.8. The summed E-state index contributed by atoms with van der Waals surface area (Å²) in [5.41, 5.74) is 11.8. The summed E-state index contributed by atoms with van der Waals surface area (Å²) in [4.78, 5) is 7.23. The van der Waals surface area contributed by atoms with Gasteiger partial charge in [-0.15, -0.1) is 0 Å². The Morgan fingerprint density at radius 2 is 1.07 bits per heavy atom. The summed E-state index contributed by atoms with van der Waals surface area (Å²) in [6.45, 7) is 0. The molecular formula is C51H33N3O. The van der Waals surface area contributed by atoms with Crippen LogP contribution in [0.1, 0.15) is 0 Å². The zero-order valence-corrected chi connectivity index (χ0v) is 29.8. The van der Waals surface area contributed by atoms with Gasteiger partial charge in [-0.2, -0.15) is 0 Å². The molecule has 0 bridgehead atoms. The lowest BCUT2D eigenvalue weighted by Crippen LogP contribution is -2.09. The second kappa shape index (κ2) is 12.6. The van der Waals surface area contributed by atoms with Crippen LogP contribution < -0.4 is 4.90 Å².